The highest BCUT2D eigenvalue weighted by Crippen LogP contribution is 2.14. The van der Waals surface area contributed by atoms with Crippen LogP contribution in [0.5, 0.6) is 0 Å². The van der Waals surface area contributed by atoms with E-state index in [9.17, 15) is 4.79 Å². The molecule has 100 valence electrons. The first-order valence-electron chi connectivity index (χ1n) is 6.69. The van der Waals surface area contributed by atoms with Crippen LogP contribution in [0.25, 0.3) is 0 Å². The summed E-state index contributed by atoms with van der Waals surface area (Å²) in [5.41, 5.74) is 1.86. The van der Waals surface area contributed by atoms with Gasteiger partial charge in [0.05, 0.1) is 6.61 Å². The van der Waals surface area contributed by atoms with Crippen LogP contribution in [0.15, 0.2) is 24.3 Å². The highest BCUT2D eigenvalue weighted by Gasteiger charge is 2.03. The molecule has 0 heterocycles. The van der Waals surface area contributed by atoms with E-state index < -0.39 is 0 Å². The number of hydrogen-bond donors (Lipinski definition) is 0. The summed E-state index contributed by atoms with van der Waals surface area (Å²) in [5, 5.41) is 0. The Labute approximate surface area is 110 Å². The molecule has 0 aliphatic carbocycles. The van der Waals surface area contributed by atoms with Crippen LogP contribution >= 0.6 is 0 Å². The Morgan fingerprint density at radius 2 is 1.89 bits per heavy atom. The fraction of sp³-hybridized carbons (Fsp3) is 0.533. The molecule has 3 nitrogen and oxygen atoms in total. The quantitative estimate of drug-likeness (QED) is 0.497. The van der Waals surface area contributed by atoms with Gasteiger partial charge >= 0.3 is 0 Å². The number of hydrogen-bond acceptors (Lipinski definition) is 3. The monoisotopic (exact) mass is 249 g/mol. The van der Waals surface area contributed by atoms with Crippen LogP contribution in [0.1, 0.15) is 37.0 Å². The molecule has 1 aromatic carbocycles. The van der Waals surface area contributed by atoms with Crippen LogP contribution < -0.4 is 4.90 Å². The summed E-state index contributed by atoms with van der Waals surface area (Å²) < 4.78 is 5.57. The van der Waals surface area contributed by atoms with Crippen molar-refractivity contribution < 1.29 is 9.53 Å². The second-order valence-electron chi connectivity index (χ2n) is 4.25. The highest BCUT2D eigenvalue weighted by molar-refractivity contribution is 5.75. The third-order valence-electron chi connectivity index (χ3n) is 2.92. The van der Waals surface area contributed by atoms with E-state index in [4.69, 9.17) is 4.74 Å². The van der Waals surface area contributed by atoms with Gasteiger partial charge in [0, 0.05) is 30.9 Å². The number of ether oxygens (including phenoxy) is 1. The van der Waals surface area contributed by atoms with Gasteiger partial charge in [-0.1, -0.05) is 13.3 Å². The third-order valence-corrected chi connectivity index (χ3v) is 2.92. The van der Waals surface area contributed by atoms with E-state index in [1.54, 1.807) is 0 Å². The van der Waals surface area contributed by atoms with E-state index in [2.05, 4.69) is 18.7 Å². The maximum absolute atomic E-state index is 10.6. The van der Waals surface area contributed by atoms with Gasteiger partial charge in [0.1, 0.15) is 6.29 Å². The van der Waals surface area contributed by atoms with E-state index >= 15 is 0 Å². The van der Waals surface area contributed by atoms with Gasteiger partial charge in [0.2, 0.25) is 0 Å². The van der Waals surface area contributed by atoms with Crippen molar-refractivity contribution in [2.24, 2.45) is 0 Å². The molecule has 1 rings (SSSR count). The number of carbonyl (C=O) groups is 1. The smallest absolute Gasteiger partial charge is 0.150 e. The van der Waals surface area contributed by atoms with E-state index in [-0.39, 0.29) is 0 Å². The van der Waals surface area contributed by atoms with Gasteiger partial charge in [0.15, 0.2) is 0 Å². The van der Waals surface area contributed by atoms with Crippen LogP contribution in [0.4, 0.5) is 5.69 Å². The lowest BCUT2D eigenvalue weighted by molar-refractivity contribution is 0.112. The molecule has 18 heavy (non-hydrogen) atoms. The molecule has 0 aliphatic rings. The van der Waals surface area contributed by atoms with E-state index in [1.807, 2.05) is 24.3 Å². The fourth-order valence-electron chi connectivity index (χ4n) is 1.76. The number of rotatable bonds is 9. The summed E-state index contributed by atoms with van der Waals surface area (Å²) in [4.78, 5) is 12.8. The molecule has 0 aliphatic heterocycles. The van der Waals surface area contributed by atoms with Crippen LogP contribution in [0, 0.1) is 0 Å². The van der Waals surface area contributed by atoms with Crippen LogP contribution in [-0.2, 0) is 4.74 Å². The van der Waals surface area contributed by atoms with Gasteiger partial charge in [-0.25, -0.2) is 0 Å². The van der Waals surface area contributed by atoms with Crippen molar-refractivity contribution in [3.63, 3.8) is 0 Å². The van der Waals surface area contributed by atoms with Crippen molar-refractivity contribution >= 4 is 12.0 Å². The SMILES string of the molecule is CCCCOCCN(CC)c1ccc(C=O)cc1. The van der Waals surface area contributed by atoms with Gasteiger partial charge < -0.3 is 9.64 Å². The van der Waals surface area contributed by atoms with Gasteiger partial charge in [-0.15, -0.1) is 0 Å². The second kappa shape index (κ2) is 8.70. The van der Waals surface area contributed by atoms with E-state index in [0.29, 0.717) is 5.56 Å². The first kappa shape index (κ1) is 14.7. The molecule has 1 aromatic rings. The Hall–Kier alpha value is -1.35. The Bertz CT molecular complexity index is 335. The molecular formula is C15H23NO2. The number of benzene rings is 1. The lowest BCUT2D eigenvalue weighted by Gasteiger charge is -2.23. The van der Waals surface area contributed by atoms with E-state index in [1.165, 1.54) is 6.42 Å². The Morgan fingerprint density at radius 3 is 2.44 bits per heavy atom. The topological polar surface area (TPSA) is 29.5 Å². The third kappa shape index (κ3) is 4.88. The van der Waals surface area contributed by atoms with Crippen molar-refractivity contribution in [3.05, 3.63) is 29.8 Å². The molecule has 0 unspecified atom stereocenters. The number of aldehydes is 1. The van der Waals surface area contributed by atoms with Gasteiger partial charge in [-0.05, 0) is 37.6 Å². The fourth-order valence-corrected chi connectivity index (χ4v) is 1.76. The standard InChI is InChI=1S/C15H23NO2/c1-3-5-11-18-12-10-16(4-2)15-8-6-14(13-17)7-9-15/h6-9,13H,3-5,10-12H2,1-2H3. The average molecular weight is 249 g/mol. The summed E-state index contributed by atoms with van der Waals surface area (Å²) in [6, 6.07) is 7.67. The molecule has 0 atom stereocenters. The molecule has 0 spiro atoms. The van der Waals surface area contributed by atoms with Crippen LogP contribution in [0.3, 0.4) is 0 Å². The Kier molecular flexibility index (Phi) is 7.11. The largest absolute Gasteiger partial charge is 0.380 e. The van der Waals surface area contributed by atoms with Crippen LogP contribution in [0.2, 0.25) is 0 Å². The second-order valence-corrected chi connectivity index (χ2v) is 4.25. The summed E-state index contributed by atoms with van der Waals surface area (Å²) in [7, 11) is 0. The normalized spacial score (nSPS) is 10.3. The molecule has 0 amide bonds. The number of nitrogens with zero attached hydrogens (tertiary/aromatic N) is 1. The maximum Gasteiger partial charge on any atom is 0.150 e. The lowest BCUT2D eigenvalue weighted by Crippen LogP contribution is -2.27. The van der Waals surface area contributed by atoms with Crippen LogP contribution in [-0.4, -0.2) is 32.6 Å². The van der Waals surface area contributed by atoms with Gasteiger partial charge in [0.25, 0.3) is 0 Å². The lowest BCUT2D eigenvalue weighted by atomic mass is 10.2. The first-order chi connectivity index (χ1) is 8.81. The Morgan fingerprint density at radius 1 is 1.17 bits per heavy atom. The average Bonchev–Trinajstić information content (AvgIpc) is 2.43. The van der Waals surface area contributed by atoms with Gasteiger partial charge in [-0.3, -0.25) is 4.79 Å². The summed E-state index contributed by atoms with van der Waals surface area (Å²) in [6.07, 6.45) is 3.17. The number of likely N-dealkylation sites (N-methyl/N-ethyl adjacent to an activating group) is 1. The molecule has 0 saturated heterocycles. The molecule has 3 heteroatoms. The minimum atomic E-state index is 0.717. The van der Waals surface area contributed by atoms with Gasteiger partial charge in [-0.2, -0.15) is 0 Å². The molecule has 0 saturated carbocycles. The number of anilines is 1. The zero-order chi connectivity index (χ0) is 13.2. The number of unbranched alkanes of at least 4 members (excludes halogenated alkanes) is 1. The summed E-state index contributed by atoms with van der Waals surface area (Å²) in [5.74, 6) is 0. The minimum absolute atomic E-state index is 0.717. The zero-order valence-electron chi connectivity index (χ0n) is 11.4. The minimum Gasteiger partial charge on any atom is -0.380 e. The number of carbonyl (C=O) groups excluding carboxylic acids is 1. The molecule has 0 N–H and O–H groups in total. The molecule has 0 bridgehead atoms. The summed E-state index contributed by atoms with van der Waals surface area (Å²) >= 11 is 0. The predicted molar refractivity (Wildman–Crippen MR) is 75.4 cm³/mol. The molecule has 0 radical (unpaired) electrons. The van der Waals surface area contributed by atoms with Crippen molar-refractivity contribution in [1.29, 1.82) is 0 Å². The zero-order valence-corrected chi connectivity index (χ0v) is 11.4. The molecule has 0 fully saturated rings. The van der Waals surface area contributed by atoms with Crippen molar-refractivity contribution in [1.82, 2.24) is 0 Å². The van der Waals surface area contributed by atoms with Crippen molar-refractivity contribution in [2.75, 3.05) is 31.2 Å². The summed E-state index contributed by atoms with van der Waals surface area (Å²) in [6.45, 7) is 7.72. The predicted octanol–water partition coefficient (Wildman–Crippen LogP) is 3.14. The van der Waals surface area contributed by atoms with Crippen molar-refractivity contribution in [3.8, 4) is 0 Å². The highest BCUT2D eigenvalue weighted by atomic mass is 16.5. The maximum atomic E-state index is 10.6. The molecular weight excluding hydrogens is 226 g/mol. The van der Waals surface area contributed by atoms with E-state index in [0.717, 1.165) is 44.7 Å². The Balaban J connectivity index is 2.41. The molecule has 0 aromatic heterocycles. The first-order valence-corrected chi connectivity index (χ1v) is 6.69. The van der Waals surface area contributed by atoms with Crippen molar-refractivity contribution in [2.45, 2.75) is 26.7 Å².